The third-order valence-electron chi connectivity index (χ3n) is 4.76. The van der Waals surface area contributed by atoms with Crippen LogP contribution in [0.15, 0.2) is 11.3 Å². The van der Waals surface area contributed by atoms with E-state index in [1.54, 1.807) is 0 Å². The second-order valence-electron chi connectivity index (χ2n) is 6.17. The first kappa shape index (κ1) is 17.8. The first-order valence-electron chi connectivity index (χ1n) is 7.68. The fraction of sp³-hybridized carbons (Fsp3) is 0.643. The number of carboxylic acids is 1. The van der Waals surface area contributed by atoms with Gasteiger partial charge < -0.3 is 19.8 Å². The molecule has 2 amide bonds. The van der Waals surface area contributed by atoms with Crippen LogP contribution in [-0.4, -0.2) is 89.7 Å². The van der Waals surface area contributed by atoms with Gasteiger partial charge in [-0.25, -0.2) is 13.2 Å². The average Bonchev–Trinajstić information content (AvgIpc) is 3.04. The number of likely N-dealkylation sites (tertiary alicyclic amines) is 1. The zero-order chi connectivity index (χ0) is 18.5. The molecule has 3 atom stereocenters. The maximum Gasteiger partial charge on any atom is 0.326 e. The minimum Gasteiger partial charge on any atom is -0.480 e. The van der Waals surface area contributed by atoms with Gasteiger partial charge in [0.25, 0.3) is 11.8 Å². The van der Waals surface area contributed by atoms with Crippen molar-refractivity contribution in [3.8, 4) is 0 Å². The molecule has 0 unspecified atom stereocenters. The number of methoxy groups -OCH3 is 1. The number of hydrogen-bond donors (Lipinski definition) is 2. The molecule has 25 heavy (non-hydrogen) atoms. The quantitative estimate of drug-likeness (QED) is 0.534. The summed E-state index contributed by atoms with van der Waals surface area (Å²) < 4.78 is 29.6. The van der Waals surface area contributed by atoms with Gasteiger partial charge in [0.2, 0.25) is 0 Å². The van der Waals surface area contributed by atoms with E-state index in [1.807, 2.05) is 0 Å². The monoisotopic (exact) mass is 374 g/mol. The molecule has 11 heteroatoms. The van der Waals surface area contributed by atoms with Crippen LogP contribution in [0.1, 0.15) is 12.8 Å². The summed E-state index contributed by atoms with van der Waals surface area (Å²) in [4.78, 5) is 38.4. The number of aliphatic hydroxyl groups is 1. The highest BCUT2D eigenvalue weighted by Gasteiger charge is 2.61. The number of β-lactam (4-membered cyclic amide) rings is 1. The number of carbonyl (C=O) groups is 3. The highest BCUT2D eigenvalue weighted by atomic mass is 32.2. The normalized spacial score (nSPS) is 31.0. The van der Waals surface area contributed by atoms with E-state index in [2.05, 4.69) is 0 Å². The number of fused-ring (bicyclic) bond motifs is 1. The first-order chi connectivity index (χ1) is 11.7. The Morgan fingerprint density at radius 1 is 1.36 bits per heavy atom. The van der Waals surface area contributed by atoms with E-state index >= 15 is 0 Å². The number of ether oxygens (including phenoxy) is 1. The number of nitrogens with zero attached hydrogens (tertiary/aromatic N) is 2. The Bertz CT molecular complexity index is 774. The van der Waals surface area contributed by atoms with Crippen LogP contribution >= 0.6 is 0 Å². The number of rotatable bonds is 4. The summed E-state index contributed by atoms with van der Waals surface area (Å²) in [6, 6.07) is -1.04. The third kappa shape index (κ3) is 2.53. The van der Waals surface area contributed by atoms with Crippen molar-refractivity contribution < 1.29 is 37.8 Å². The summed E-state index contributed by atoms with van der Waals surface area (Å²) in [5, 5.41) is 17.4. The van der Waals surface area contributed by atoms with Crippen molar-refractivity contribution in [3.63, 3.8) is 0 Å². The van der Waals surface area contributed by atoms with E-state index in [4.69, 9.17) is 4.74 Å². The Morgan fingerprint density at radius 3 is 2.60 bits per heavy atom. The second kappa shape index (κ2) is 6.07. The molecule has 0 radical (unpaired) electrons. The molecule has 2 N–H and O–H groups in total. The summed E-state index contributed by atoms with van der Waals surface area (Å²) in [7, 11) is -2.63. The number of aliphatic carboxylic acids is 1. The lowest BCUT2D eigenvalue weighted by Crippen LogP contribution is -2.71. The smallest absolute Gasteiger partial charge is 0.326 e. The van der Waals surface area contributed by atoms with Gasteiger partial charge in [0, 0.05) is 13.7 Å². The molecule has 0 bridgehead atoms. The Kier molecular flexibility index (Phi) is 4.33. The van der Waals surface area contributed by atoms with Gasteiger partial charge in [0.1, 0.15) is 11.7 Å². The molecule has 0 spiro atoms. The van der Waals surface area contributed by atoms with E-state index in [9.17, 15) is 33.0 Å². The van der Waals surface area contributed by atoms with Crippen molar-refractivity contribution in [3.05, 3.63) is 11.3 Å². The van der Waals surface area contributed by atoms with Gasteiger partial charge in [0.05, 0.1) is 12.4 Å². The minimum absolute atomic E-state index is 0.111. The van der Waals surface area contributed by atoms with Gasteiger partial charge in [-0.15, -0.1) is 0 Å². The van der Waals surface area contributed by atoms with Crippen molar-refractivity contribution in [1.82, 2.24) is 9.80 Å². The maximum atomic E-state index is 12.9. The van der Waals surface area contributed by atoms with Gasteiger partial charge in [-0.2, -0.15) is 0 Å². The van der Waals surface area contributed by atoms with Crippen LogP contribution in [0, 0.1) is 0 Å². The molecule has 0 aliphatic carbocycles. The van der Waals surface area contributed by atoms with Gasteiger partial charge in [-0.3, -0.25) is 14.5 Å². The van der Waals surface area contributed by atoms with Gasteiger partial charge in [-0.05, 0) is 18.4 Å². The highest BCUT2D eigenvalue weighted by Crippen LogP contribution is 2.39. The topological polar surface area (TPSA) is 142 Å². The zero-order valence-corrected chi connectivity index (χ0v) is 14.2. The lowest BCUT2D eigenvalue weighted by atomic mass is 10.0. The van der Waals surface area contributed by atoms with Crippen LogP contribution in [0.5, 0.6) is 0 Å². The highest BCUT2D eigenvalue weighted by molar-refractivity contribution is 7.92. The molecule has 0 aromatic rings. The molecule has 2 fully saturated rings. The molecule has 3 rings (SSSR count). The second-order valence-corrected chi connectivity index (χ2v) is 8.26. The van der Waals surface area contributed by atoms with E-state index in [0.717, 1.165) is 9.80 Å². The molecule has 138 valence electrons. The van der Waals surface area contributed by atoms with Crippen molar-refractivity contribution in [2.45, 2.75) is 30.4 Å². The van der Waals surface area contributed by atoms with Crippen molar-refractivity contribution in [2.75, 3.05) is 26.0 Å². The number of carboxylic acid groups (broad SMARTS) is 1. The number of hydrogen-bond acceptors (Lipinski definition) is 7. The number of amides is 2. The Morgan fingerprint density at radius 2 is 2.04 bits per heavy atom. The molecule has 3 heterocycles. The predicted octanol–water partition coefficient (Wildman–Crippen LogP) is -2.08. The maximum absolute atomic E-state index is 12.9. The SMILES string of the molecule is CO[C@H]1C(=O)N2C(C(=O)N3CCC[C@H]3C(=O)O)=C(CO)CS(=O)(=O)[C@H]12. The summed E-state index contributed by atoms with van der Waals surface area (Å²) in [6.45, 7) is -0.537. The average molecular weight is 374 g/mol. The fourth-order valence-electron chi connectivity index (χ4n) is 3.59. The minimum atomic E-state index is -3.82. The molecule has 3 aliphatic heterocycles. The Hall–Kier alpha value is -1.98. The standard InChI is InChI=1S/C14H18N2O8S/c1-24-10-12(19)16-9(7(5-17)6-25(22,23)13(10)16)11(18)15-4-2-3-8(15)14(20)21/h8,10,13,17H,2-6H2,1H3,(H,20,21)/t8-,10-,13+/m0/s1. The van der Waals surface area contributed by atoms with E-state index in [1.165, 1.54) is 7.11 Å². The lowest BCUT2D eigenvalue weighted by Gasteiger charge is -2.49. The van der Waals surface area contributed by atoms with Crippen LogP contribution in [-0.2, 0) is 29.0 Å². The Labute approximate surface area is 143 Å². The molecule has 3 aliphatic rings. The molecule has 0 aromatic carbocycles. The van der Waals surface area contributed by atoms with E-state index in [-0.39, 0.29) is 24.2 Å². The van der Waals surface area contributed by atoms with Crippen LogP contribution < -0.4 is 0 Å². The van der Waals surface area contributed by atoms with Crippen molar-refractivity contribution in [2.24, 2.45) is 0 Å². The van der Waals surface area contributed by atoms with E-state index < -0.39 is 57.5 Å². The van der Waals surface area contributed by atoms with Gasteiger partial charge >= 0.3 is 5.97 Å². The molecular weight excluding hydrogens is 356 g/mol. The number of aliphatic hydroxyl groups excluding tert-OH is 1. The summed E-state index contributed by atoms with van der Waals surface area (Å²) in [5.74, 6) is -3.20. The van der Waals surface area contributed by atoms with Crippen molar-refractivity contribution in [1.29, 1.82) is 0 Å². The first-order valence-corrected chi connectivity index (χ1v) is 9.40. The molecule has 0 saturated carbocycles. The Balaban J connectivity index is 2.03. The summed E-state index contributed by atoms with van der Waals surface area (Å²) >= 11 is 0. The predicted molar refractivity (Wildman–Crippen MR) is 81.7 cm³/mol. The lowest BCUT2D eigenvalue weighted by molar-refractivity contribution is -0.162. The summed E-state index contributed by atoms with van der Waals surface area (Å²) in [5.41, 5.74) is -0.353. The number of carbonyl (C=O) groups excluding carboxylic acids is 2. The molecule has 10 nitrogen and oxygen atoms in total. The van der Waals surface area contributed by atoms with E-state index in [0.29, 0.717) is 6.42 Å². The summed E-state index contributed by atoms with van der Waals surface area (Å²) in [6.07, 6.45) is -0.443. The van der Waals surface area contributed by atoms with Crippen LogP contribution in [0.4, 0.5) is 0 Å². The molecular formula is C14H18N2O8S. The van der Waals surface area contributed by atoms with Gasteiger partial charge in [0.15, 0.2) is 21.3 Å². The largest absolute Gasteiger partial charge is 0.480 e. The van der Waals surface area contributed by atoms with Gasteiger partial charge in [-0.1, -0.05) is 0 Å². The van der Waals surface area contributed by atoms with Crippen molar-refractivity contribution >= 4 is 27.6 Å². The fourth-order valence-corrected chi connectivity index (χ4v) is 5.60. The molecule has 0 aromatic heterocycles. The zero-order valence-electron chi connectivity index (χ0n) is 13.4. The van der Waals surface area contributed by atoms with Crippen LogP contribution in [0.2, 0.25) is 0 Å². The third-order valence-corrected chi connectivity index (χ3v) is 6.70. The number of sulfone groups is 1. The van der Waals surface area contributed by atoms with Crippen LogP contribution in [0.25, 0.3) is 0 Å². The van der Waals surface area contributed by atoms with Crippen LogP contribution in [0.3, 0.4) is 0 Å². The molecule has 2 saturated heterocycles.